The number of nitrogens with one attached hydrogen (secondary N) is 1. The summed E-state index contributed by atoms with van der Waals surface area (Å²) in [6, 6.07) is 9.48. The first-order chi connectivity index (χ1) is 13.0. The molecule has 2 aromatic carbocycles. The Morgan fingerprint density at radius 2 is 1.82 bits per heavy atom. The number of methoxy groups -OCH3 is 1. The van der Waals surface area contributed by atoms with Crippen LogP contribution in [0.2, 0.25) is 5.02 Å². The molecule has 1 atom stereocenters. The van der Waals surface area contributed by atoms with Gasteiger partial charge in [0.25, 0.3) is 10.0 Å². The minimum Gasteiger partial charge on any atom is -0.495 e. The van der Waals surface area contributed by atoms with Gasteiger partial charge in [-0.05, 0) is 42.5 Å². The van der Waals surface area contributed by atoms with Crippen molar-refractivity contribution in [1.82, 2.24) is 0 Å². The van der Waals surface area contributed by atoms with Crippen LogP contribution in [-0.2, 0) is 24.8 Å². The summed E-state index contributed by atoms with van der Waals surface area (Å²) in [6.07, 6.45) is 0. The zero-order valence-corrected chi connectivity index (χ0v) is 17.3. The number of rotatable bonds is 5. The SMILES string of the molecule is COc1ccc(Cl)cc1NS(=O)(=O)c1ccc(N2C(=O)C(C)CS2(=O)=O)cc1. The molecule has 0 aromatic heterocycles. The highest BCUT2D eigenvalue weighted by molar-refractivity contribution is 7.94. The first kappa shape index (κ1) is 20.4. The summed E-state index contributed by atoms with van der Waals surface area (Å²) in [5, 5.41) is 0.320. The third-order valence-electron chi connectivity index (χ3n) is 4.15. The van der Waals surface area contributed by atoms with Crippen molar-refractivity contribution in [3.8, 4) is 5.75 Å². The number of anilines is 2. The van der Waals surface area contributed by atoms with Crippen LogP contribution in [0.4, 0.5) is 11.4 Å². The van der Waals surface area contributed by atoms with Crippen molar-refractivity contribution in [3.05, 3.63) is 47.5 Å². The lowest BCUT2D eigenvalue weighted by molar-refractivity contribution is -0.119. The van der Waals surface area contributed by atoms with E-state index in [2.05, 4.69) is 4.72 Å². The molecule has 1 aliphatic heterocycles. The number of amides is 1. The molecule has 0 spiro atoms. The second-order valence-corrected chi connectivity index (χ2v) is 10.2. The van der Waals surface area contributed by atoms with Crippen molar-refractivity contribution in [2.45, 2.75) is 11.8 Å². The van der Waals surface area contributed by atoms with Crippen molar-refractivity contribution < 1.29 is 26.4 Å². The maximum absolute atomic E-state index is 12.6. The van der Waals surface area contributed by atoms with Crippen molar-refractivity contribution in [3.63, 3.8) is 0 Å². The fourth-order valence-corrected chi connectivity index (χ4v) is 5.87. The minimum atomic E-state index is -4.00. The normalized spacial score (nSPS) is 18.9. The third kappa shape index (κ3) is 3.80. The van der Waals surface area contributed by atoms with E-state index in [9.17, 15) is 21.6 Å². The Bertz CT molecular complexity index is 1130. The average Bonchev–Trinajstić information content (AvgIpc) is 2.82. The van der Waals surface area contributed by atoms with E-state index in [0.717, 1.165) is 0 Å². The number of hydrogen-bond donors (Lipinski definition) is 1. The fraction of sp³-hybridized carbons (Fsp3) is 0.235. The van der Waals surface area contributed by atoms with E-state index >= 15 is 0 Å². The first-order valence-corrected chi connectivity index (χ1v) is 11.6. The van der Waals surface area contributed by atoms with Gasteiger partial charge < -0.3 is 4.74 Å². The summed E-state index contributed by atoms with van der Waals surface area (Å²) in [6.45, 7) is 1.53. The number of carbonyl (C=O) groups is 1. The lowest BCUT2D eigenvalue weighted by Crippen LogP contribution is -2.30. The number of nitrogens with zero attached hydrogens (tertiary/aromatic N) is 1. The summed E-state index contributed by atoms with van der Waals surface area (Å²) >= 11 is 5.91. The molecule has 1 N–H and O–H groups in total. The molecule has 1 unspecified atom stereocenters. The maximum Gasteiger partial charge on any atom is 0.262 e. The van der Waals surface area contributed by atoms with Gasteiger partial charge in [0.15, 0.2) is 0 Å². The van der Waals surface area contributed by atoms with Gasteiger partial charge in [-0.3, -0.25) is 9.52 Å². The number of hydrogen-bond acceptors (Lipinski definition) is 6. The number of benzene rings is 2. The van der Waals surface area contributed by atoms with Crippen LogP contribution in [0, 0.1) is 5.92 Å². The topological polar surface area (TPSA) is 110 Å². The molecule has 150 valence electrons. The summed E-state index contributed by atoms with van der Waals surface area (Å²) in [7, 11) is -6.37. The predicted octanol–water partition coefficient (Wildman–Crippen LogP) is 2.46. The van der Waals surface area contributed by atoms with Crippen LogP contribution in [0.5, 0.6) is 5.75 Å². The molecule has 2 aromatic rings. The zero-order valence-electron chi connectivity index (χ0n) is 14.9. The highest BCUT2D eigenvalue weighted by Crippen LogP contribution is 2.31. The van der Waals surface area contributed by atoms with E-state index in [0.29, 0.717) is 9.33 Å². The van der Waals surface area contributed by atoms with Gasteiger partial charge in [-0.15, -0.1) is 0 Å². The number of ether oxygens (including phenoxy) is 1. The molecular formula is C17H17ClN2O6S2. The molecule has 8 nitrogen and oxygen atoms in total. The molecule has 0 saturated carbocycles. The van der Waals surface area contributed by atoms with Crippen LogP contribution in [0.15, 0.2) is 47.4 Å². The molecular weight excluding hydrogens is 428 g/mol. The van der Waals surface area contributed by atoms with Gasteiger partial charge in [-0.2, -0.15) is 0 Å². The second kappa shape index (κ2) is 7.26. The summed E-state index contributed by atoms with van der Waals surface area (Å²) < 4.78 is 57.8. The fourth-order valence-electron chi connectivity index (χ4n) is 2.81. The van der Waals surface area contributed by atoms with Crippen molar-refractivity contribution in [1.29, 1.82) is 0 Å². The maximum atomic E-state index is 12.6. The van der Waals surface area contributed by atoms with Gasteiger partial charge in [0, 0.05) is 5.02 Å². The van der Waals surface area contributed by atoms with Gasteiger partial charge in [0.1, 0.15) is 5.75 Å². The van der Waals surface area contributed by atoms with E-state index in [1.807, 2.05) is 0 Å². The van der Waals surface area contributed by atoms with Crippen LogP contribution in [0.1, 0.15) is 6.92 Å². The average molecular weight is 445 g/mol. The molecule has 1 heterocycles. The van der Waals surface area contributed by atoms with Crippen LogP contribution < -0.4 is 13.8 Å². The highest BCUT2D eigenvalue weighted by atomic mass is 35.5. The lowest BCUT2D eigenvalue weighted by atomic mass is 10.2. The van der Waals surface area contributed by atoms with Crippen LogP contribution >= 0.6 is 11.6 Å². The van der Waals surface area contributed by atoms with Gasteiger partial charge in [0.2, 0.25) is 15.9 Å². The molecule has 0 aliphatic carbocycles. The molecule has 1 fully saturated rings. The van der Waals surface area contributed by atoms with Crippen molar-refractivity contribution in [2.75, 3.05) is 21.9 Å². The Balaban J connectivity index is 1.91. The Hall–Kier alpha value is -2.30. The molecule has 0 bridgehead atoms. The van der Waals surface area contributed by atoms with E-state index in [1.165, 1.54) is 50.4 Å². The lowest BCUT2D eigenvalue weighted by Gasteiger charge is -2.16. The van der Waals surface area contributed by atoms with Gasteiger partial charge in [-0.1, -0.05) is 18.5 Å². The molecule has 1 saturated heterocycles. The number of carbonyl (C=O) groups excluding carboxylic acids is 1. The summed E-state index contributed by atoms with van der Waals surface area (Å²) in [5.74, 6) is -1.18. The minimum absolute atomic E-state index is 0.0913. The van der Waals surface area contributed by atoms with Crippen LogP contribution in [-0.4, -0.2) is 35.6 Å². The van der Waals surface area contributed by atoms with Crippen LogP contribution in [0.25, 0.3) is 0 Å². The third-order valence-corrected chi connectivity index (χ3v) is 7.63. The highest BCUT2D eigenvalue weighted by Gasteiger charge is 2.42. The Labute approximate surface area is 168 Å². The van der Waals surface area contributed by atoms with Crippen molar-refractivity contribution >= 4 is 48.9 Å². The number of sulfonamides is 2. The summed E-state index contributed by atoms with van der Waals surface area (Å²) in [5.41, 5.74) is 0.249. The molecule has 0 radical (unpaired) electrons. The Kier molecular flexibility index (Phi) is 5.30. The largest absolute Gasteiger partial charge is 0.495 e. The molecule has 3 rings (SSSR count). The quantitative estimate of drug-likeness (QED) is 0.758. The van der Waals surface area contributed by atoms with Gasteiger partial charge in [-0.25, -0.2) is 21.1 Å². The molecule has 1 amide bonds. The smallest absolute Gasteiger partial charge is 0.262 e. The van der Waals surface area contributed by atoms with Crippen molar-refractivity contribution in [2.24, 2.45) is 5.92 Å². The molecule has 28 heavy (non-hydrogen) atoms. The standard InChI is InChI=1S/C17H17ClN2O6S2/c1-11-10-27(22,23)20(17(11)21)13-4-6-14(7-5-13)28(24,25)19-15-9-12(18)3-8-16(15)26-2/h3-9,11,19H,10H2,1-2H3. The van der Waals surface area contributed by atoms with Gasteiger partial charge in [0.05, 0.1) is 35.1 Å². The second-order valence-electron chi connectivity index (χ2n) is 6.23. The molecule has 11 heteroatoms. The first-order valence-electron chi connectivity index (χ1n) is 8.08. The molecule has 1 aliphatic rings. The van der Waals surface area contributed by atoms with Gasteiger partial charge >= 0.3 is 0 Å². The Morgan fingerprint density at radius 3 is 2.36 bits per heavy atom. The number of halogens is 1. The van der Waals surface area contributed by atoms with E-state index in [1.54, 1.807) is 6.07 Å². The monoisotopic (exact) mass is 444 g/mol. The zero-order chi connectivity index (χ0) is 20.7. The van der Waals surface area contributed by atoms with E-state index in [-0.39, 0.29) is 27.8 Å². The Morgan fingerprint density at radius 1 is 1.18 bits per heavy atom. The van der Waals surface area contributed by atoms with E-state index < -0.39 is 31.9 Å². The predicted molar refractivity (Wildman–Crippen MR) is 106 cm³/mol. The van der Waals surface area contributed by atoms with Crippen LogP contribution in [0.3, 0.4) is 0 Å². The van der Waals surface area contributed by atoms with E-state index in [4.69, 9.17) is 16.3 Å². The summed E-state index contributed by atoms with van der Waals surface area (Å²) in [4.78, 5) is 12.0.